The number of rotatable bonds is 12. The van der Waals surface area contributed by atoms with Gasteiger partial charge in [0.15, 0.2) is 11.6 Å². The molecule has 0 aromatic carbocycles. The van der Waals surface area contributed by atoms with Crippen molar-refractivity contribution in [2.45, 2.75) is 122 Å². The van der Waals surface area contributed by atoms with Crippen LogP contribution in [0.2, 0.25) is 0 Å². The summed E-state index contributed by atoms with van der Waals surface area (Å²) < 4.78 is 132. The quantitative estimate of drug-likeness (QED) is 0.0622. The Morgan fingerprint density at radius 2 is 0.887 bits per heavy atom. The van der Waals surface area contributed by atoms with Crippen LogP contribution in [-0.4, -0.2) is 147 Å². The van der Waals surface area contributed by atoms with E-state index in [1.807, 2.05) is 18.4 Å². The summed E-state index contributed by atoms with van der Waals surface area (Å²) in [5.41, 5.74) is 2.48. The molecule has 3 aliphatic heterocycles. The molecular weight excluding hydrogens is 1280 g/mol. The van der Waals surface area contributed by atoms with Gasteiger partial charge in [0.1, 0.15) is 39.9 Å². The van der Waals surface area contributed by atoms with Crippen LogP contribution < -0.4 is 31.9 Å². The molecule has 0 amide bonds. The highest BCUT2D eigenvalue weighted by Crippen LogP contribution is 2.43. The summed E-state index contributed by atoms with van der Waals surface area (Å²) >= 11 is 0. The summed E-state index contributed by atoms with van der Waals surface area (Å²) in [4.78, 5) is 42.7. The van der Waals surface area contributed by atoms with Crippen molar-refractivity contribution < 1.29 is 44.0 Å². The number of pyridine rings is 3. The van der Waals surface area contributed by atoms with Crippen LogP contribution in [0.4, 0.5) is 57.4 Å². The normalized spacial score (nSPS) is 18.3. The maximum absolute atomic E-state index is 13.8. The van der Waals surface area contributed by atoms with Gasteiger partial charge in [-0.05, 0) is 120 Å². The zero-order valence-corrected chi connectivity index (χ0v) is 52.6. The van der Waals surface area contributed by atoms with Crippen molar-refractivity contribution in [3.8, 4) is 23.2 Å². The van der Waals surface area contributed by atoms with Crippen LogP contribution in [0.3, 0.4) is 0 Å². The second-order valence-electron chi connectivity index (χ2n) is 23.8. The average molecular weight is 1340 g/mol. The van der Waals surface area contributed by atoms with Crippen molar-refractivity contribution in [1.82, 2.24) is 106 Å². The standard InChI is InChI=1S/C22H23F3N8.C21H20F3N7O.C20H20F3N9/c1-12-31-32-13(2)33(12)19-8-6-15-16(5-7-18(15)29-19)20-17(22(23,24)25)11-27-21(30-20)28-14-4-3-9-26-10-14;1-11-27-19(31-32-11)17-7-4-13-14(5-6-16(13)29-17)18-15(21(22,23)24)10-26-20(30-18)28-12-3-2-8-25-9-12;1-11-29-30-31-32(11)17-7-5-13-14(4-6-16(13)27-17)18-15(20(21,22)23)10-25-19(28-18)26-12-3-2-8-24-9-12/h5-6,8,11,14,26H,3-4,7,9-10H2,1-2H3,(H,27,28,30);4-5,7,10,12,25H,2-3,6,8-9H2,1H3,(H,26,28,30);4-5,7,10,12,24H,2-3,6,8-9H2,1H3,(H,25,26,28)/t14-;2*12-/m000/s1. The maximum Gasteiger partial charge on any atom is 0.419 e. The van der Waals surface area contributed by atoms with Gasteiger partial charge in [0.05, 0.1) is 34.2 Å². The molecule has 0 bridgehead atoms. The van der Waals surface area contributed by atoms with E-state index in [2.05, 4.69) is 113 Å². The molecule has 34 heteroatoms. The van der Waals surface area contributed by atoms with E-state index in [-0.39, 0.29) is 53.1 Å². The van der Waals surface area contributed by atoms with Crippen LogP contribution in [0.1, 0.15) is 129 Å². The number of hydrogen-bond donors (Lipinski definition) is 6. The van der Waals surface area contributed by atoms with Crippen LogP contribution >= 0.6 is 0 Å². The fourth-order valence-electron chi connectivity index (χ4n) is 12.4. The van der Waals surface area contributed by atoms with Crippen molar-refractivity contribution in [2.24, 2.45) is 0 Å². The number of halogens is 9. The fourth-order valence-corrected chi connectivity index (χ4v) is 12.4. The van der Waals surface area contributed by atoms with Gasteiger partial charge in [-0.2, -0.15) is 49.2 Å². The largest absolute Gasteiger partial charge is 0.419 e. The highest BCUT2D eigenvalue weighted by Gasteiger charge is 2.41. The van der Waals surface area contributed by atoms with Crippen LogP contribution in [0.25, 0.3) is 39.9 Å². The Kier molecular flexibility index (Phi) is 18.4. The highest BCUT2D eigenvalue weighted by atomic mass is 19.4. The monoisotopic (exact) mass is 1340 g/mol. The van der Waals surface area contributed by atoms with E-state index in [0.717, 1.165) is 83.3 Å². The number of anilines is 3. The molecule has 504 valence electrons. The predicted octanol–water partition coefficient (Wildman–Crippen LogP) is 8.97. The molecular formula is C63H63F9N24O. The van der Waals surface area contributed by atoms with Crippen molar-refractivity contribution in [2.75, 3.05) is 55.2 Å². The van der Waals surface area contributed by atoms with E-state index >= 15 is 0 Å². The number of allylic oxidation sites excluding steroid dienone is 3. The van der Waals surface area contributed by atoms with Crippen LogP contribution in [0, 0.1) is 27.7 Å². The lowest BCUT2D eigenvalue weighted by atomic mass is 10.0. The summed E-state index contributed by atoms with van der Waals surface area (Å²) in [6.45, 7) is 12.0. The van der Waals surface area contributed by atoms with Crippen molar-refractivity contribution >= 4 is 34.6 Å². The predicted molar refractivity (Wildman–Crippen MR) is 335 cm³/mol. The van der Waals surface area contributed by atoms with Crippen molar-refractivity contribution in [3.63, 3.8) is 0 Å². The fraction of sp³-hybridized carbons (Fsp3) is 0.397. The van der Waals surface area contributed by atoms with Crippen LogP contribution in [-0.2, 0) is 37.8 Å². The molecule has 0 unspecified atom stereocenters. The number of nitrogens with one attached hydrogen (secondary N) is 6. The first kappa shape index (κ1) is 65.6. The molecule has 0 spiro atoms. The number of fused-ring (bicyclic) bond motifs is 3. The number of alkyl halides is 9. The van der Waals surface area contributed by atoms with Gasteiger partial charge in [0, 0.05) is 116 Å². The SMILES string of the molecule is Cc1nc(-c2ccc3c(n2)CC=C3c2nc(N[C@H]3CCCNC3)ncc2C(F)(F)F)no1.Cc1nnc(C)n1-c1ccc2c(n1)CC=C2c1nc(N[C@H]2CCCNC2)ncc1C(F)(F)F.Cc1nnnn1-c1ccc2c(n1)CC=C2c1nc(N[C@H]2CCCNC2)ncc1C(F)(F)F. The lowest BCUT2D eigenvalue weighted by Gasteiger charge is -2.24. The van der Waals surface area contributed by atoms with E-state index in [1.165, 1.54) is 4.68 Å². The number of tetrazole rings is 1. The van der Waals surface area contributed by atoms with E-state index in [9.17, 15) is 39.5 Å². The van der Waals surface area contributed by atoms with Crippen molar-refractivity contribution in [3.05, 3.63) is 164 Å². The molecule has 9 aromatic rings. The number of aryl methyl sites for hydroxylation is 4. The summed E-state index contributed by atoms with van der Waals surface area (Å²) in [6, 6.07) is 10.6. The lowest BCUT2D eigenvalue weighted by molar-refractivity contribution is -0.139. The highest BCUT2D eigenvalue weighted by molar-refractivity contribution is 5.86. The van der Waals surface area contributed by atoms with Crippen LogP contribution in [0.15, 0.2) is 77.7 Å². The Bertz CT molecular complexity index is 4460. The van der Waals surface area contributed by atoms with Gasteiger partial charge in [-0.15, -0.1) is 15.3 Å². The molecule has 3 aliphatic carbocycles. The Balaban J connectivity index is 0.000000131. The van der Waals surface area contributed by atoms with Gasteiger partial charge < -0.3 is 36.4 Å². The van der Waals surface area contributed by atoms with Gasteiger partial charge in [0.25, 0.3) is 0 Å². The lowest BCUT2D eigenvalue weighted by Crippen LogP contribution is -2.38. The second-order valence-corrected chi connectivity index (χ2v) is 23.8. The van der Waals surface area contributed by atoms with Gasteiger partial charge in [-0.25, -0.2) is 44.9 Å². The third kappa shape index (κ3) is 14.4. The third-order valence-electron chi connectivity index (χ3n) is 17.0. The van der Waals surface area contributed by atoms with Gasteiger partial charge >= 0.3 is 18.5 Å². The molecule has 3 atom stereocenters. The van der Waals surface area contributed by atoms with E-state index in [1.54, 1.807) is 68.5 Å². The minimum Gasteiger partial charge on any atom is -0.350 e. The molecule has 3 saturated heterocycles. The molecule has 9 aromatic heterocycles. The maximum atomic E-state index is 13.8. The molecule has 6 aliphatic rings. The van der Waals surface area contributed by atoms with Gasteiger partial charge in [-0.3, -0.25) is 4.57 Å². The number of piperidine rings is 3. The smallest absolute Gasteiger partial charge is 0.350 e. The number of aromatic nitrogens is 18. The minimum atomic E-state index is -4.58. The molecule has 12 heterocycles. The van der Waals surface area contributed by atoms with E-state index < -0.39 is 35.2 Å². The molecule has 0 radical (unpaired) electrons. The summed E-state index contributed by atoms with van der Waals surface area (Å²) in [5, 5.41) is 42.6. The minimum absolute atomic E-state index is 0.0702. The third-order valence-corrected chi connectivity index (χ3v) is 17.0. The van der Waals surface area contributed by atoms with Gasteiger partial charge in [0.2, 0.25) is 29.6 Å². The summed E-state index contributed by atoms with van der Waals surface area (Å²) in [5.74, 6) is 4.39. The molecule has 15 rings (SSSR count). The second kappa shape index (κ2) is 27.2. The van der Waals surface area contributed by atoms with E-state index in [4.69, 9.17) is 4.52 Å². The number of nitrogens with zero attached hydrogens (tertiary/aromatic N) is 18. The Labute approximate surface area is 547 Å². The summed E-state index contributed by atoms with van der Waals surface area (Å²) in [7, 11) is 0. The molecule has 0 saturated carbocycles. The Morgan fingerprint density at radius 1 is 0.474 bits per heavy atom. The Hall–Kier alpha value is -10.1. The average Bonchev–Trinajstić information content (AvgIpc) is 1.71. The first-order valence-corrected chi connectivity index (χ1v) is 31.4. The molecule has 6 N–H and O–H groups in total. The number of hydrogen-bond acceptors (Lipinski definition) is 23. The zero-order valence-electron chi connectivity index (χ0n) is 52.6. The first-order valence-electron chi connectivity index (χ1n) is 31.4. The summed E-state index contributed by atoms with van der Waals surface area (Å²) in [6.07, 6.45) is 0.862. The first-order chi connectivity index (χ1) is 46.6. The molecule has 25 nitrogen and oxygen atoms in total. The molecule has 97 heavy (non-hydrogen) atoms. The van der Waals surface area contributed by atoms with Crippen LogP contribution in [0.5, 0.6) is 0 Å². The van der Waals surface area contributed by atoms with Gasteiger partial charge in [-0.1, -0.05) is 29.5 Å². The topological polar surface area (TPSA) is 301 Å². The Morgan fingerprint density at radius 3 is 1.27 bits per heavy atom. The van der Waals surface area contributed by atoms with Crippen molar-refractivity contribution in [1.29, 1.82) is 0 Å². The zero-order chi connectivity index (χ0) is 67.8. The van der Waals surface area contributed by atoms with E-state index in [0.29, 0.717) is 129 Å². The molecule has 3 fully saturated rings.